The monoisotopic (exact) mass is 507 g/mol. The number of hydrogen-bond donors (Lipinski definition) is 4. The number of anilines is 2. The second kappa shape index (κ2) is 12.3. The molecule has 196 valence electrons. The summed E-state index contributed by atoms with van der Waals surface area (Å²) in [5, 5.41) is 16.1. The minimum Gasteiger partial charge on any atom is -0.401 e. The third-order valence-corrected chi connectivity index (χ3v) is 5.76. The molecule has 0 aliphatic heterocycles. The molecule has 0 radical (unpaired) electrons. The Kier molecular flexibility index (Phi) is 9.13. The molecule has 0 saturated heterocycles. The van der Waals surface area contributed by atoms with E-state index in [9.17, 15) is 9.90 Å². The fraction of sp³-hybridized carbons (Fsp3) is 0.333. The summed E-state index contributed by atoms with van der Waals surface area (Å²) in [6, 6.07) is 5.46. The fourth-order valence-electron chi connectivity index (χ4n) is 3.92. The van der Waals surface area contributed by atoms with Crippen molar-refractivity contribution in [2.24, 2.45) is 10.7 Å². The third kappa shape index (κ3) is 6.79. The van der Waals surface area contributed by atoms with E-state index in [2.05, 4.69) is 46.0 Å². The van der Waals surface area contributed by atoms with Gasteiger partial charge in [0.15, 0.2) is 11.6 Å². The molecule has 1 amide bonds. The molecule has 1 unspecified atom stereocenters. The molecule has 5 N–H and O–H groups in total. The Bertz CT molecular complexity index is 1340. The summed E-state index contributed by atoms with van der Waals surface area (Å²) in [6.07, 6.45) is 7.01. The summed E-state index contributed by atoms with van der Waals surface area (Å²) in [4.78, 5) is 24.5. The zero-order valence-corrected chi connectivity index (χ0v) is 21.6. The molecule has 2 atom stereocenters. The van der Waals surface area contributed by atoms with E-state index >= 15 is 4.39 Å². The van der Waals surface area contributed by atoms with Gasteiger partial charge in [-0.15, -0.1) is 0 Å². The van der Waals surface area contributed by atoms with Crippen LogP contribution >= 0.6 is 0 Å². The van der Waals surface area contributed by atoms with Crippen molar-refractivity contribution in [3.05, 3.63) is 66.0 Å². The van der Waals surface area contributed by atoms with Crippen molar-refractivity contribution in [3.8, 4) is 5.82 Å². The number of benzene rings is 1. The summed E-state index contributed by atoms with van der Waals surface area (Å²) in [5.41, 5.74) is 9.22. The number of nitrogens with two attached hydrogens (primary N) is 1. The topological polar surface area (TPSA) is 130 Å². The number of fused-ring (bicyclic) bond motifs is 1. The molecule has 2 aromatic heterocycles. The summed E-state index contributed by atoms with van der Waals surface area (Å²) in [5.74, 6) is -0.509. The molecule has 0 aliphatic carbocycles. The second-order valence-corrected chi connectivity index (χ2v) is 9.00. The van der Waals surface area contributed by atoms with Crippen LogP contribution in [0.3, 0.4) is 0 Å². The quantitative estimate of drug-likeness (QED) is 0.221. The van der Waals surface area contributed by atoms with Gasteiger partial charge in [-0.3, -0.25) is 14.4 Å². The third-order valence-electron chi connectivity index (χ3n) is 5.76. The molecule has 0 bridgehead atoms. The van der Waals surface area contributed by atoms with E-state index in [1.54, 1.807) is 24.5 Å². The molecule has 10 heteroatoms. The van der Waals surface area contributed by atoms with Gasteiger partial charge in [0.25, 0.3) is 0 Å². The van der Waals surface area contributed by atoms with Gasteiger partial charge in [-0.05, 0) is 56.0 Å². The average Bonchev–Trinajstić information content (AvgIpc) is 3.23. The molecular formula is C27H34FN7O2. The highest BCUT2D eigenvalue weighted by Gasteiger charge is 2.19. The van der Waals surface area contributed by atoms with Crippen LogP contribution in [0.2, 0.25) is 0 Å². The number of aliphatic imine (C=N–C) groups is 1. The first-order chi connectivity index (χ1) is 17.6. The zero-order valence-electron chi connectivity index (χ0n) is 21.6. The molecular weight excluding hydrogens is 473 g/mol. The highest BCUT2D eigenvalue weighted by molar-refractivity contribution is 6.00. The summed E-state index contributed by atoms with van der Waals surface area (Å²) < 4.78 is 16.8. The minimum atomic E-state index is -0.598. The Hall–Kier alpha value is -4.05. The van der Waals surface area contributed by atoms with E-state index in [0.29, 0.717) is 17.1 Å². The number of rotatable bonds is 11. The highest BCUT2D eigenvalue weighted by atomic mass is 19.1. The van der Waals surface area contributed by atoms with E-state index in [1.807, 2.05) is 18.3 Å². The van der Waals surface area contributed by atoms with Crippen LogP contribution in [-0.2, 0) is 4.79 Å². The first-order valence-electron chi connectivity index (χ1n) is 12.2. The first kappa shape index (κ1) is 27.5. The van der Waals surface area contributed by atoms with Crippen LogP contribution in [0.15, 0.2) is 59.6 Å². The highest BCUT2D eigenvalue weighted by Crippen LogP contribution is 2.34. The van der Waals surface area contributed by atoms with Gasteiger partial charge in [-0.25, -0.2) is 9.37 Å². The summed E-state index contributed by atoms with van der Waals surface area (Å²) >= 11 is 0. The van der Waals surface area contributed by atoms with Gasteiger partial charge in [0, 0.05) is 29.2 Å². The van der Waals surface area contributed by atoms with Crippen LogP contribution in [0, 0.1) is 5.82 Å². The van der Waals surface area contributed by atoms with Crippen molar-refractivity contribution in [1.29, 1.82) is 0 Å². The summed E-state index contributed by atoms with van der Waals surface area (Å²) in [6.45, 7) is 11.3. The predicted octanol–water partition coefficient (Wildman–Crippen LogP) is 4.64. The molecule has 0 spiro atoms. The lowest BCUT2D eigenvalue weighted by molar-refractivity contribution is -0.111. The number of hydrogen-bond acceptors (Lipinski definition) is 7. The molecule has 1 aromatic carbocycles. The maximum atomic E-state index is 15.1. The van der Waals surface area contributed by atoms with Crippen molar-refractivity contribution in [2.75, 3.05) is 17.2 Å². The number of halogens is 1. The smallest absolute Gasteiger partial charge is 0.247 e. The van der Waals surface area contributed by atoms with E-state index < -0.39 is 11.9 Å². The lowest BCUT2D eigenvalue weighted by Crippen LogP contribution is -2.14. The van der Waals surface area contributed by atoms with Crippen LogP contribution in [-0.4, -0.2) is 44.4 Å². The van der Waals surface area contributed by atoms with Crippen molar-refractivity contribution in [2.45, 2.75) is 52.6 Å². The normalized spacial score (nSPS) is 13.9. The van der Waals surface area contributed by atoms with E-state index in [1.165, 1.54) is 12.3 Å². The predicted molar refractivity (Wildman–Crippen MR) is 147 cm³/mol. The van der Waals surface area contributed by atoms with Gasteiger partial charge in [0.05, 0.1) is 30.1 Å². The van der Waals surface area contributed by atoms with E-state index in [-0.39, 0.29) is 30.1 Å². The standard InChI is InChI=1S/C27H34FN7O2/c1-6-8-16(3)21-15-35(24-10-9-19(11-20(21)24)32-25(37)7-2)26-22(28)13-31-27(34-26)33-23(18(5)29)14-30-12-17(4)36/h7,9-11,13-17,36H,2,6,8,12,29H2,1,3-5H3,(H,32,37)(H,31,33,34)/b23-18+,30-14?/t16?,17-/m1/s1. The maximum absolute atomic E-state index is 15.1. The fourth-order valence-corrected chi connectivity index (χ4v) is 3.92. The maximum Gasteiger partial charge on any atom is 0.247 e. The van der Waals surface area contributed by atoms with Gasteiger partial charge >= 0.3 is 0 Å². The Balaban J connectivity index is 2.08. The average molecular weight is 508 g/mol. The van der Waals surface area contributed by atoms with Crippen molar-refractivity contribution in [3.63, 3.8) is 0 Å². The van der Waals surface area contributed by atoms with Gasteiger partial charge < -0.3 is 21.5 Å². The van der Waals surface area contributed by atoms with Crippen molar-refractivity contribution < 1.29 is 14.3 Å². The minimum absolute atomic E-state index is 0.0651. The molecule has 0 saturated carbocycles. The largest absolute Gasteiger partial charge is 0.401 e. The number of aliphatic hydroxyl groups excluding tert-OH is 1. The number of nitrogens with zero attached hydrogens (tertiary/aromatic N) is 4. The molecule has 9 nitrogen and oxygen atoms in total. The molecule has 2 heterocycles. The van der Waals surface area contributed by atoms with Crippen LogP contribution < -0.4 is 16.4 Å². The molecule has 37 heavy (non-hydrogen) atoms. The van der Waals surface area contributed by atoms with Gasteiger partial charge in [0.2, 0.25) is 11.9 Å². The Labute approximate surface area is 216 Å². The molecule has 3 aromatic rings. The van der Waals surface area contributed by atoms with Crippen molar-refractivity contribution in [1.82, 2.24) is 14.5 Å². The Morgan fingerprint density at radius 3 is 2.76 bits per heavy atom. The SMILES string of the molecule is C=CC(=O)Nc1ccc2c(c1)c(C(C)CCC)cn2-c1nc(N/C(C=NC[C@@H](C)O)=C(\C)N)ncc1F. The Morgan fingerprint density at radius 1 is 1.35 bits per heavy atom. The second-order valence-electron chi connectivity index (χ2n) is 9.00. The number of carbonyl (C=O) groups is 1. The first-order valence-corrected chi connectivity index (χ1v) is 12.2. The summed E-state index contributed by atoms with van der Waals surface area (Å²) in [7, 11) is 0. The van der Waals surface area contributed by atoms with E-state index in [0.717, 1.165) is 35.5 Å². The van der Waals surface area contributed by atoms with Crippen LogP contribution in [0.25, 0.3) is 16.7 Å². The van der Waals surface area contributed by atoms with Crippen LogP contribution in [0.5, 0.6) is 0 Å². The number of aromatic nitrogens is 3. The van der Waals surface area contributed by atoms with E-state index in [4.69, 9.17) is 5.73 Å². The van der Waals surface area contributed by atoms with Crippen molar-refractivity contribution >= 4 is 34.7 Å². The molecule has 0 aliphatic rings. The van der Waals surface area contributed by atoms with Gasteiger partial charge in [0.1, 0.15) is 0 Å². The lowest BCUT2D eigenvalue weighted by Gasteiger charge is -2.11. The molecule has 0 fully saturated rings. The number of nitrogens with one attached hydrogen (secondary N) is 2. The number of amides is 1. The number of aliphatic hydroxyl groups is 1. The van der Waals surface area contributed by atoms with Crippen LogP contribution in [0.1, 0.15) is 52.0 Å². The van der Waals surface area contributed by atoms with Gasteiger partial charge in [-0.2, -0.15) is 4.98 Å². The Morgan fingerprint density at radius 2 is 2.11 bits per heavy atom. The number of allylic oxidation sites excluding steroid dienone is 2. The molecule has 3 rings (SSSR count). The lowest BCUT2D eigenvalue weighted by atomic mass is 9.96. The number of carbonyl (C=O) groups excluding carboxylic acids is 1. The van der Waals surface area contributed by atoms with Gasteiger partial charge in [-0.1, -0.05) is 26.8 Å². The van der Waals surface area contributed by atoms with Crippen LogP contribution in [0.4, 0.5) is 16.0 Å². The zero-order chi connectivity index (χ0) is 27.1.